The third kappa shape index (κ3) is 7.21. The summed E-state index contributed by atoms with van der Waals surface area (Å²) in [7, 11) is 1.43. The second-order valence-electron chi connectivity index (χ2n) is 8.52. The van der Waals surface area contributed by atoms with Crippen LogP contribution in [0.15, 0.2) is 64.8 Å². The molecule has 0 heterocycles. The minimum absolute atomic E-state index is 0.0699. The number of aliphatic imine (C=N–C) groups is 1. The molecule has 190 valence electrons. The normalized spacial score (nSPS) is 14.0. The van der Waals surface area contributed by atoms with Crippen LogP contribution in [0.2, 0.25) is 0 Å². The van der Waals surface area contributed by atoms with Gasteiger partial charge in [0.05, 0.1) is 18.4 Å². The Labute approximate surface area is 205 Å². The van der Waals surface area contributed by atoms with Gasteiger partial charge in [-0.05, 0) is 68.5 Å². The standard InChI is InChI=1S/C28H34F3NO3/c1-7-11-24(28(4,5)33)32-17-18(8-2)21(9-3)22-14-15-23(34-6)25(26(22)29)19-12-10-13-20(16-19)35-27(30)31/h8,10-17,21,27,33H,7,9H2,1-6H3/b18-8+,24-11+,32-17+/t21-/m0/s1. The first kappa shape index (κ1) is 28.2. The summed E-state index contributed by atoms with van der Waals surface area (Å²) in [6.45, 7) is 6.10. The first-order valence-electron chi connectivity index (χ1n) is 11.6. The van der Waals surface area contributed by atoms with Crippen LogP contribution in [0, 0.1) is 5.82 Å². The van der Waals surface area contributed by atoms with Crippen molar-refractivity contribution in [3.63, 3.8) is 0 Å². The molecule has 0 bridgehead atoms. The highest BCUT2D eigenvalue weighted by Gasteiger charge is 2.24. The fourth-order valence-electron chi connectivity index (χ4n) is 3.91. The van der Waals surface area contributed by atoms with Gasteiger partial charge < -0.3 is 14.6 Å². The van der Waals surface area contributed by atoms with E-state index in [4.69, 9.17) is 4.74 Å². The van der Waals surface area contributed by atoms with Crippen LogP contribution in [0.3, 0.4) is 0 Å². The van der Waals surface area contributed by atoms with Crippen LogP contribution in [-0.4, -0.2) is 30.6 Å². The van der Waals surface area contributed by atoms with Crippen LogP contribution in [0.25, 0.3) is 11.1 Å². The quantitative estimate of drug-likeness (QED) is 0.329. The molecule has 4 nitrogen and oxygen atoms in total. The van der Waals surface area contributed by atoms with E-state index in [1.165, 1.54) is 25.3 Å². The highest BCUT2D eigenvalue weighted by Crippen LogP contribution is 2.40. The lowest BCUT2D eigenvalue weighted by molar-refractivity contribution is -0.0498. The molecule has 7 heteroatoms. The molecule has 2 aromatic carbocycles. The number of methoxy groups -OCH3 is 1. The summed E-state index contributed by atoms with van der Waals surface area (Å²) in [5, 5.41) is 10.4. The highest BCUT2D eigenvalue weighted by atomic mass is 19.3. The molecule has 35 heavy (non-hydrogen) atoms. The van der Waals surface area contributed by atoms with Crippen molar-refractivity contribution in [2.75, 3.05) is 7.11 Å². The van der Waals surface area contributed by atoms with Gasteiger partial charge in [-0.3, -0.25) is 4.99 Å². The molecule has 1 atom stereocenters. The smallest absolute Gasteiger partial charge is 0.387 e. The number of alkyl halides is 2. The fourth-order valence-corrected chi connectivity index (χ4v) is 3.91. The summed E-state index contributed by atoms with van der Waals surface area (Å²) >= 11 is 0. The first-order chi connectivity index (χ1) is 16.6. The topological polar surface area (TPSA) is 51.1 Å². The lowest BCUT2D eigenvalue weighted by Gasteiger charge is -2.22. The van der Waals surface area contributed by atoms with Crippen molar-refractivity contribution < 1.29 is 27.8 Å². The maximum Gasteiger partial charge on any atom is 0.387 e. The zero-order valence-electron chi connectivity index (χ0n) is 21.1. The van der Waals surface area contributed by atoms with Crippen LogP contribution < -0.4 is 9.47 Å². The van der Waals surface area contributed by atoms with Crippen molar-refractivity contribution in [2.45, 2.75) is 65.6 Å². The van der Waals surface area contributed by atoms with Gasteiger partial charge in [0.15, 0.2) is 0 Å². The fraction of sp³-hybridized carbons (Fsp3) is 0.393. The van der Waals surface area contributed by atoms with Crippen molar-refractivity contribution in [2.24, 2.45) is 4.99 Å². The molecule has 0 radical (unpaired) electrons. The van der Waals surface area contributed by atoms with E-state index in [0.29, 0.717) is 29.7 Å². The molecule has 0 unspecified atom stereocenters. The molecule has 0 aliphatic rings. The summed E-state index contributed by atoms with van der Waals surface area (Å²) in [5.74, 6) is -0.635. The van der Waals surface area contributed by atoms with Crippen molar-refractivity contribution in [1.29, 1.82) is 0 Å². The number of halogens is 3. The molecule has 2 aromatic rings. The number of hydrogen-bond acceptors (Lipinski definition) is 4. The SMILES string of the molecule is C\C=C(/C=N/C(=C/CC)C(C)(C)O)[C@H](CC)c1ccc(OC)c(-c2cccc(OC(F)F)c2)c1F. The van der Waals surface area contributed by atoms with E-state index >= 15 is 4.39 Å². The summed E-state index contributed by atoms with van der Waals surface area (Å²) in [6, 6.07) is 9.23. The van der Waals surface area contributed by atoms with E-state index in [1.54, 1.807) is 38.3 Å². The molecule has 2 rings (SSSR count). The third-order valence-electron chi connectivity index (χ3n) is 5.60. The van der Waals surface area contributed by atoms with Crippen molar-refractivity contribution >= 4 is 6.21 Å². The largest absolute Gasteiger partial charge is 0.496 e. The maximum absolute atomic E-state index is 16.1. The van der Waals surface area contributed by atoms with Crippen LogP contribution >= 0.6 is 0 Å². The van der Waals surface area contributed by atoms with Gasteiger partial charge in [-0.1, -0.05) is 44.2 Å². The molecule has 0 saturated heterocycles. The predicted molar refractivity (Wildman–Crippen MR) is 135 cm³/mol. The zero-order valence-corrected chi connectivity index (χ0v) is 21.1. The van der Waals surface area contributed by atoms with E-state index in [0.717, 1.165) is 5.57 Å². The average Bonchev–Trinajstić information content (AvgIpc) is 2.80. The van der Waals surface area contributed by atoms with Gasteiger partial charge in [-0.2, -0.15) is 8.78 Å². The molecule has 0 aliphatic carbocycles. The van der Waals surface area contributed by atoms with E-state index in [1.807, 2.05) is 32.9 Å². The van der Waals surface area contributed by atoms with E-state index in [-0.39, 0.29) is 23.0 Å². The average molecular weight is 490 g/mol. The zero-order chi connectivity index (χ0) is 26.2. The number of benzene rings is 2. The molecule has 0 amide bonds. The molecule has 0 fully saturated rings. The van der Waals surface area contributed by atoms with Gasteiger partial charge in [0.25, 0.3) is 0 Å². The number of nitrogens with zero attached hydrogens (tertiary/aromatic N) is 1. The molecular weight excluding hydrogens is 455 g/mol. The lowest BCUT2D eigenvalue weighted by atomic mass is 9.86. The third-order valence-corrected chi connectivity index (χ3v) is 5.60. The highest BCUT2D eigenvalue weighted by molar-refractivity contribution is 5.82. The van der Waals surface area contributed by atoms with Crippen molar-refractivity contribution in [3.8, 4) is 22.6 Å². The molecular formula is C28H34F3NO3. The summed E-state index contributed by atoms with van der Waals surface area (Å²) < 4.78 is 51.4. The number of hydrogen-bond donors (Lipinski definition) is 1. The molecule has 0 aliphatic heterocycles. The molecule has 0 saturated carbocycles. The van der Waals surface area contributed by atoms with Gasteiger partial charge in [-0.15, -0.1) is 0 Å². The Morgan fingerprint density at radius 2 is 1.89 bits per heavy atom. The Kier molecular flexibility index (Phi) is 10.1. The van der Waals surface area contributed by atoms with Gasteiger partial charge >= 0.3 is 6.61 Å². The van der Waals surface area contributed by atoms with E-state index < -0.39 is 18.0 Å². The Morgan fingerprint density at radius 1 is 1.17 bits per heavy atom. The molecule has 1 N–H and O–H groups in total. The minimum atomic E-state index is -2.99. The number of ether oxygens (including phenoxy) is 2. The van der Waals surface area contributed by atoms with E-state index in [9.17, 15) is 13.9 Å². The molecule has 0 aromatic heterocycles. The van der Waals surface area contributed by atoms with Crippen molar-refractivity contribution in [3.05, 3.63) is 71.2 Å². The minimum Gasteiger partial charge on any atom is -0.496 e. The number of allylic oxidation sites excluding steroid dienone is 3. The Bertz CT molecular complexity index is 1090. The van der Waals surface area contributed by atoms with E-state index in [2.05, 4.69) is 9.73 Å². The van der Waals surface area contributed by atoms with Gasteiger partial charge in [0.2, 0.25) is 0 Å². The second kappa shape index (κ2) is 12.6. The van der Waals surface area contributed by atoms with Crippen LogP contribution in [-0.2, 0) is 0 Å². The van der Waals surface area contributed by atoms with Crippen LogP contribution in [0.1, 0.15) is 58.9 Å². The summed E-state index contributed by atoms with van der Waals surface area (Å²) in [6.07, 6.45) is 6.67. The Balaban J connectivity index is 2.58. The predicted octanol–water partition coefficient (Wildman–Crippen LogP) is 7.68. The number of rotatable bonds is 11. The summed E-state index contributed by atoms with van der Waals surface area (Å²) in [5.41, 5.74) is 1.15. The lowest BCUT2D eigenvalue weighted by Crippen LogP contribution is -2.21. The van der Waals surface area contributed by atoms with Gasteiger partial charge in [0.1, 0.15) is 22.9 Å². The first-order valence-corrected chi connectivity index (χ1v) is 11.6. The molecule has 0 spiro atoms. The Morgan fingerprint density at radius 3 is 2.43 bits per heavy atom. The maximum atomic E-state index is 16.1. The second-order valence-corrected chi connectivity index (χ2v) is 8.52. The van der Waals surface area contributed by atoms with Crippen LogP contribution in [0.4, 0.5) is 13.2 Å². The van der Waals surface area contributed by atoms with Crippen molar-refractivity contribution in [1.82, 2.24) is 0 Å². The number of aliphatic hydroxyl groups is 1. The van der Waals surface area contributed by atoms with Gasteiger partial charge in [0, 0.05) is 12.1 Å². The van der Waals surface area contributed by atoms with Gasteiger partial charge in [-0.25, -0.2) is 4.39 Å². The summed E-state index contributed by atoms with van der Waals surface area (Å²) in [4.78, 5) is 4.52. The van der Waals surface area contributed by atoms with Crippen LogP contribution in [0.5, 0.6) is 11.5 Å². The monoisotopic (exact) mass is 489 g/mol. The Hall–Kier alpha value is -3.06.